The summed E-state index contributed by atoms with van der Waals surface area (Å²) in [5, 5.41) is 19.3. The summed E-state index contributed by atoms with van der Waals surface area (Å²) in [6.07, 6.45) is 3.11. The third-order valence-electron chi connectivity index (χ3n) is 3.18. The number of methoxy groups -OCH3 is 1. The topological polar surface area (TPSA) is 74.9 Å². The lowest BCUT2D eigenvalue weighted by atomic mass is 10.1. The molecule has 110 valence electrons. The van der Waals surface area contributed by atoms with Gasteiger partial charge < -0.3 is 14.9 Å². The highest BCUT2D eigenvalue weighted by Gasteiger charge is 2.08. The van der Waals surface area contributed by atoms with E-state index in [2.05, 4.69) is 9.98 Å². The molecule has 0 bridgehead atoms. The molecule has 5 nitrogen and oxygen atoms in total. The molecule has 2 rings (SSSR count). The van der Waals surface area contributed by atoms with Crippen molar-refractivity contribution in [2.75, 3.05) is 7.11 Å². The van der Waals surface area contributed by atoms with E-state index in [0.717, 1.165) is 11.3 Å². The van der Waals surface area contributed by atoms with Gasteiger partial charge in [0.1, 0.15) is 11.5 Å². The average molecular weight is 286 g/mol. The number of aliphatic imine (C=N–C) groups is 1. The van der Waals surface area contributed by atoms with Crippen molar-refractivity contribution in [2.24, 2.45) is 4.99 Å². The van der Waals surface area contributed by atoms with Gasteiger partial charge >= 0.3 is 0 Å². The Morgan fingerprint density at radius 1 is 1.29 bits per heavy atom. The number of rotatable bonds is 5. The van der Waals surface area contributed by atoms with Crippen LogP contribution in [-0.2, 0) is 13.2 Å². The molecule has 0 amide bonds. The van der Waals surface area contributed by atoms with Crippen LogP contribution in [0.4, 0.5) is 0 Å². The predicted molar refractivity (Wildman–Crippen MR) is 80.9 cm³/mol. The minimum absolute atomic E-state index is 0.0556. The van der Waals surface area contributed by atoms with E-state index in [9.17, 15) is 10.2 Å². The third kappa shape index (κ3) is 3.58. The highest BCUT2D eigenvalue weighted by molar-refractivity contribution is 5.85. The Kier molecular flexibility index (Phi) is 4.90. The fourth-order valence-corrected chi connectivity index (χ4v) is 1.90. The van der Waals surface area contributed by atoms with Gasteiger partial charge in [0.05, 0.1) is 26.0 Å². The Hall–Kier alpha value is -2.40. The number of aliphatic hydroxyl groups is 1. The zero-order chi connectivity index (χ0) is 15.2. The first-order valence-electron chi connectivity index (χ1n) is 6.56. The lowest BCUT2D eigenvalue weighted by Gasteiger charge is -2.07. The fraction of sp³-hybridized carbons (Fsp3) is 0.250. The maximum atomic E-state index is 9.99. The Morgan fingerprint density at radius 2 is 2.00 bits per heavy atom. The number of aromatic nitrogens is 1. The summed E-state index contributed by atoms with van der Waals surface area (Å²) >= 11 is 0. The highest BCUT2D eigenvalue weighted by Crippen LogP contribution is 2.22. The largest absolute Gasteiger partial charge is 0.505 e. The van der Waals surface area contributed by atoms with Gasteiger partial charge in [-0.3, -0.25) is 9.98 Å². The highest BCUT2D eigenvalue weighted by atomic mass is 16.5. The summed E-state index contributed by atoms with van der Waals surface area (Å²) in [4.78, 5) is 8.32. The van der Waals surface area contributed by atoms with Crippen LogP contribution in [0.2, 0.25) is 0 Å². The maximum Gasteiger partial charge on any atom is 0.145 e. The van der Waals surface area contributed by atoms with Crippen molar-refractivity contribution in [3.8, 4) is 11.5 Å². The van der Waals surface area contributed by atoms with Crippen LogP contribution in [0.25, 0.3) is 0 Å². The molecule has 21 heavy (non-hydrogen) atoms. The number of pyridine rings is 1. The van der Waals surface area contributed by atoms with Crippen LogP contribution < -0.4 is 4.74 Å². The average Bonchev–Trinajstić information content (AvgIpc) is 2.52. The summed E-state index contributed by atoms with van der Waals surface area (Å²) in [6.45, 7) is 2.00. The Morgan fingerprint density at radius 3 is 2.62 bits per heavy atom. The molecule has 1 aromatic carbocycles. The van der Waals surface area contributed by atoms with Crippen LogP contribution in [0.3, 0.4) is 0 Å². The van der Waals surface area contributed by atoms with Crippen molar-refractivity contribution in [1.82, 2.24) is 4.98 Å². The van der Waals surface area contributed by atoms with E-state index in [1.165, 1.54) is 0 Å². The number of ether oxygens (including phenoxy) is 1. The van der Waals surface area contributed by atoms with E-state index < -0.39 is 0 Å². The fourth-order valence-electron chi connectivity index (χ4n) is 1.90. The maximum absolute atomic E-state index is 9.99. The summed E-state index contributed by atoms with van der Waals surface area (Å²) in [6, 6.07) is 7.61. The van der Waals surface area contributed by atoms with Gasteiger partial charge in [-0.15, -0.1) is 0 Å². The van der Waals surface area contributed by atoms with Gasteiger partial charge in [-0.25, -0.2) is 0 Å². The van der Waals surface area contributed by atoms with E-state index in [-0.39, 0.29) is 12.4 Å². The molecule has 1 aromatic heterocycles. The van der Waals surface area contributed by atoms with Crippen molar-refractivity contribution in [1.29, 1.82) is 0 Å². The van der Waals surface area contributed by atoms with Gasteiger partial charge in [-0.1, -0.05) is 12.1 Å². The molecule has 0 spiro atoms. The summed E-state index contributed by atoms with van der Waals surface area (Å²) < 4.78 is 5.10. The first-order chi connectivity index (χ1) is 10.2. The number of aliphatic hydroxyl groups excluding tert-OH is 1. The van der Waals surface area contributed by atoms with Gasteiger partial charge in [0.25, 0.3) is 0 Å². The lowest BCUT2D eigenvalue weighted by Crippen LogP contribution is -1.98. The van der Waals surface area contributed by atoms with Crippen LogP contribution in [0.15, 0.2) is 35.5 Å². The molecule has 0 aliphatic rings. The molecule has 2 aromatic rings. The van der Waals surface area contributed by atoms with E-state index in [1.54, 1.807) is 26.4 Å². The van der Waals surface area contributed by atoms with Crippen LogP contribution in [0.5, 0.6) is 11.5 Å². The number of aryl methyl sites for hydroxylation is 1. The Labute approximate surface area is 123 Å². The minimum atomic E-state index is -0.190. The van der Waals surface area contributed by atoms with Crippen molar-refractivity contribution < 1.29 is 14.9 Å². The molecule has 1 heterocycles. The van der Waals surface area contributed by atoms with Crippen molar-refractivity contribution in [2.45, 2.75) is 20.1 Å². The van der Waals surface area contributed by atoms with Crippen LogP contribution >= 0.6 is 0 Å². The molecule has 0 fully saturated rings. The number of hydrogen-bond acceptors (Lipinski definition) is 5. The summed E-state index contributed by atoms with van der Waals surface area (Å²) in [5.74, 6) is 0.854. The second-order valence-corrected chi connectivity index (χ2v) is 4.61. The summed E-state index contributed by atoms with van der Waals surface area (Å²) in [5.41, 5.74) is 2.61. The van der Waals surface area contributed by atoms with E-state index in [0.29, 0.717) is 23.4 Å². The number of nitrogens with zero attached hydrogens (tertiary/aromatic N) is 2. The standard InChI is InChI=1S/C16H18N2O3/c1-11-16(20)15(13(10-19)8-18-11)9-17-7-12-3-5-14(21-2)6-4-12/h3-6,8-9,19-20H,7,10H2,1-2H3. The third-order valence-corrected chi connectivity index (χ3v) is 3.18. The smallest absolute Gasteiger partial charge is 0.145 e. The molecular formula is C16H18N2O3. The quantitative estimate of drug-likeness (QED) is 0.826. The normalized spacial score (nSPS) is 11.0. The first-order valence-corrected chi connectivity index (χ1v) is 6.56. The first kappa shape index (κ1) is 15.0. The van der Waals surface area contributed by atoms with E-state index in [1.807, 2.05) is 24.3 Å². The molecule has 5 heteroatoms. The van der Waals surface area contributed by atoms with Gasteiger partial charge in [0.2, 0.25) is 0 Å². The second kappa shape index (κ2) is 6.85. The second-order valence-electron chi connectivity index (χ2n) is 4.61. The number of aromatic hydroxyl groups is 1. The summed E-state index contributed by atoms with van der Waals surface area (Å²) in [7, 11) is 1.62. The molecule has 0 unspecified atom stereocenters. The van der Waals surface area contributed by atoms with Gasteiger partial charge in [0.15, 0.2) is 0 Å². The number of benzene rings is 1. The molecule has 0 saturated heterocycles. The molecule has 0 aliphatic heterocycles. The van der Waals surface area contributed by atoms with Crippen LogP contribution in [0.1, 0.15) is 22.4 Å². The van der Waals surface area contributed by atoms with Crippen molar-refractivity contribution >= 4 is 6.21 Å². The molecule has 2 N–H and O–H groups in total. The predicted octanol–water partition coefficient (Wildman–Crippen LogP) is 2.22. The number of hydrogen-bond donors (Lipinski definition) is 2. The van der Waals surface area contributed by atoms with E-state index in [4.69, 9.17) is 4.74 Å². The van der Waals surface area contributed by atoms with E-state index >= 15 is 0 Å². The molecule has 0 radical (unpaired) electrons. The monoisotopic (exact) mass is 286 g/mol. The zero-order valence-corrected chi connectivity index (χ0v) is 12.1. The van der Waals surface area contributed by atoms with Crippen LogP contribution in [-0.4, -0.2) is 28.5 Å². The van der Waals surface area contributed by atoms with Gasteiger partial charge in [-0.2, -0.15) is 0 Å². The molecule has 0 saturated carbocycles. The van der Waals surface area contributed by atoms with Crippen LogP contribution in [0, 0.1) is 6.92 Å². The van der Waals surface area contributed by atoms with Crippen molar-refractivity contribution in [3.05, 3.63) is 52.8 Å². The molecule has 0 atom stereocenters. The van der Waals surface area contributed by atoms with Gasteiger partial charge in [0, 0.05) is 23.5 Å². The van der Waals surface area contributed by atoms with Gasteiger partial charge in [-0.05, 0) is 24.6 Å². The lowest BCUT2D eigenvalue weighted by molar-refractivity contribution is 0.280. The Balaban J connectivity index is 2.15. The zero-order valence-electron chi connectivity index (χ0n) is 12.1. The molecule has 0 aliphatic carbocycles. The molecular weight excluding hydrogens is 268 g/mol. The Bertz CT molecular complexity index is 637. The SMILES string of the molecule is COc1ccc(CN=Cc2c(CO)cnc(C)c2O)cc1. The van der Waals surface area contributed by atoms with Crippen molar-refractivity contribution in [3.63, 3.8) is 0 Å². The minimum Gasteiger partial charge on any atom is -0.505 e.